The molecule has 128 valence electrons. The first-order valence-electron chi connectivity index (χ1n) is 7.90. The van der Waals surface area contributed by atoms with Crippen molar-refractivity contribution in [2.45, 2.75) is 38.0 Å². The van der Waals surface area contributed by atoms with Crippen molar-refractivity contribution in [2.75, 3.05) is 0 Å². The molecule has 0 saturated heterocycles. The summed E-state index contributed by atoms with van der Waals surface area (Å²) < 4.78 is 27.6. The van der Waals surface area contributed by atoms with Gasteiger partial charge in [-0.15, -0.1) is 0 Å². The zero-order valence-corrected chi connectivity index (χ0v) is 15.7. The summed E-state index contributed by atoms with van der Waals surface area (Å²) in [6.45, 7) is 1.86. The Bertz CT molecular complexity index is 865. The molecule has 0 fully saturated rings. The van der Waals surface area contributed by atoms with Crippen molar-refractivity contribution in [3.05, 3.63) is 68.7 Å². The average molecular weight is 384 g/mol. The Kier molecular flexibility index (Phi) is 5.21. The average Bonchev–Trinajstić information content (AvgIpc) is 2.97. The van der Waals surface area contributed by atoms with Crippen LogP contribution in [0.4, 0.5) is 0 Å². The van der Waals surface area contributed by atoms with Crippen LogP contribution in [-0.2, 0) is 28.6 Å². The van der Waals surface area contributed by atoms with Crippen molar-refractivity contribution < 1.29 is 8.42 Å². The molecule has 3 rings (SSSR count). The first-order chi connectivity index (χ1) is 11.3. The highest BCUT2D eigenvalue weighted by Crippen LogP contribution is 2.26. The van der Waals surface area contributed by atoms with Crippen molar-refractivity contribution in [3.63, 3.8) is 0 Å². The molecular formula is C18H19Cl2NO2S. The summed E-state index contributed by atoms with van der Waals surface area (Å²) >= 11 is 11.8. The van der Waals surface area contributed by atoms with Crippen LogP contribution in [0, 0.1) is 0 Å². The Balaban J connectivity index is 1.72. The van der Waals surface area contributed by atoms with E-state index in [0.29, 0.717) is 15.6 Å². The van der Waals surface area contributed by atoms with E-state index in [1.165, 1.54) is 17.5 Å². The van der Waals surface area contributed by atoms with Crippen molar-refractivity contribution in [2.24, 2.45) is 0 Å². The van der Waals surface area contributed by atoms with Crippen LogP contribution in [-0.4, -0.2) is 8.42 Å². The maximum absolute atomic E-state index is 12.4. The first-order valence-corrected chi connectivity index (χ1v) is 10.3. The van der Waals surface area contributed by atoms with Crippen molar-refractivity contribution in [3.8, 4) is 0 Å². The lowest BCUT2D eigenvalue weighted by molar-refractivity contribution is 0.566. The predicted octanol–water partition coefficient (Wildman–Crippen LogP) is 4.66. The highest BCUT2D eigenvalue weighted by Gasteiger charge is 2.19. The highest BCUT2D eigenvalue weighted by molar-refractivity contribution is 7.88. The predicted molar refractivity (Wildman–Crippen MR) is 99.1 cm³/mol. The third-order valence-corrected chi connectivity index (χ3v) is 6.48. The van der Waals surface area contributed by atoms with Gasteiger partial charge in [-0.1, -0.05) is 47.5 Å². The molecule has 0 aliphatic heterocycles. The van der Waals surface area contributed by atoms with Gasteiger partial charge in [0.15, 0.2) is 0 Å². The fourth-order valence-corrected chi connectivity index (χ4v) is 4.79. The minimum Gasteiger partial charge on any atom is -0.212 e. The van der Waals surface area contributed by atoms with Crippen molar-refractivity contribution >= 4 is 33.2 Å². The van der Waals surface area contributed by atoms with Gasteiger partial charge in [-0.25, -0.2) is 13.1 Å². The van der Waals surface area contributed by atoms with E-state index >= 15 is 0 Å². The lowest BCUT2D eigenvalue weighted by Crippen LogP contribution is -2.28. The van der Waals surface area contributed by atoms with Crippen LogP contribution >= 0.6 is 23.2 Å². The van der Waals surface area contributed by atoms with Gasteiger partial charge >= 0.3 is 0 Å². The number of hydrogen-bond donors (Lipinski definition) is 1. The van der Waals surface area contributed by atoms with Gasteiger partial charge in [-0.3, -0.25) is 0 Å². The Morgan fingerprint density at radius 2 is 1.79 bits per heavy atom. The summed E-state index contributed by atoms with van der Waals surface area (Å²) in [5.41, 5.74) is 4.32. The molecule has 24 heavy (non-hydrogen) atoms. The third kappa shape index (κ3) is 4.12. The Hall–Kier alpha value is -1.07. The maximum atomic E-state index is 12.4. The van der Waals surface area contributed by atoms with Gasteiger partial charge in [0.2, 0.25) is 10.0 Å². The molecule has 0 unspecified atom stereocenters. The largest absolute Gasteiger partial charge is 0.216 e. The Morgan fingerprint density at radius 3 is 2.54 bits per heavy atom. The second-order valence-electron chi connectivity index (χ2n) is 6.23. The molecule has 0 spiro atoms. The minimum atomic E-state index is -3.48. The molecule has 3 nitrogen and oxygen atoms in total. The summed E-state index contributed by atoms with van der Waals surface area (Å²) in [5, 5.41) is 0.772. The number of rotatable bonds is 5. The molecular weight excluding hydrogens is 365 g/mol. The zero-order valence-electron chi connectivity index (χ0n) is 13.4. The van der Waals surface area contributed by atoms with Crippen LogP contribution in [0.3, 0.4) is 0 Å². The van der Waals surface area contributed by atoms with E-state index in [1.54, 1.807) is 18.2 Å². The SMILES string of the molecule is C[C@@H](NS(=O)(=O)Cc1ccc(Cl)c(Cl)c1)c1ccc2c(c1)CCC2. The number of sulfonamides is 1. The fourth-order valence-electron chi connectivity index (χ4n) is 3.09. The molecule has 0 radical (unpaired) electrons. The number of aryl methyl sites for hydroxylation is 2. The lowest BCUT2D eigenvalue weighted by Gasteiger charge is -2.16. The van der Waals surface area contributed by atoms with Gasteiger partial charge in [0.25, 0.3) is 0 Å². The molecule has 0 bridgehead atoms. The molecule has 0 aromatic heterocycles. The second kappa shape index (κ2) is 7.04. The Morgan fingerprint density at radius 1 is 1.04 bits per heavy atom. The topological polar surface area (TPSA) is 46.2 Å². The van der Waals surface area contributed by atoms with E-state index in [2.05, 4.69) is 16.9 Å². The zero-order chi connectivity index (χ0) is 17.3. The molecule has 1 aliphatic rings. The van der Waals surface area contributed by atoms with Gasteiger partial charge < -0.3 is 0 Å². The van der Waals surface area contributed by atoms with E-state index in [4.69, 9.17) is 23.2 Å². The maximum Gasteiger partial charge on any atom is 0.216 e. The quantitative estimate of drug-likeness (QED) is 0.815. The summed E-state index contributed by atoms with van der Waals surface area (Å²) in [5.74, 6) is -0.126. The van der Waals surface area contributed by atoms with E-state index in [1.807, 2.05) is 13.0 Å². The summed E-state index contributed by atoms with van der Waals surface area (Å²) in [6.07, 6.45) is 3.37. The van der Waals surface area contributed by atoms with Crippen LogP contribution in [0.1, 0.15) is 41.6 Å². The van der Waals surface area contributed by atoms with Crippen LogP contribution in [0.25, 0.3) is 0 Å². The molecule has 2 aromatic carbocycles. The van der Waals surface area contributed by atoms with Gasteiger partial charge in [-0.05, 0) is 60.6 Å². The number of fused-ring (bicyclic) bond motifs is 1. The van der Waals surface area contributed by atoms with E-state index in [-0.39, 0.29) is 11.8 Å². The van der Waals surface area contributed by atoms with Gasteiger partial charge in [-0.2, -0.15) is 0 Å². The highest BCUT2D eigenvalue weighted by atomic mass is 35.5. The smallest absolute Gasteiger partial charge is 0.212 e. The van der Waals surface area contributed by atoms with Gasteiger partial charge in [0, 0.05) is 6.04 Å². The minimum absolute atomic E-state index is 0.126. The van der Waals surface area contributed by atoms with Crippen LogP contribution in [0.2, 0.25) is 10.0 Å². The molecule has 2 aromatic rings. The second-order valence-corrected chi connectivity index (χ2v) is 8.80. The number of nitrogens with one attached hydrogen (secondary N) is 1. The monoisotopic (exact) mass is 383 g/mol. The molecule has 1 atom stereocenters. The summed E-state index contributed by atoms with van der Waals surface area (Å²) in [7, 11) is -3.48. The number of hydrogen-bond acceptors (Lipinski definition) is 2. The van der Waals surface area contributed by atoms with Crippen LogP contribution in [0.15, 0.2) is 36.4 Å². The van der Waals surface area contributed by atoms with E-state index < -0.39 is 10.0 Å². The van der Waals surface area contributed by atoms with E-state index in [9.17, 15) is 8.42 Å². The van der Waals surface area contributed by atoms with Gasteiger partial charge in [0.1, 0.15) is 0 Å². The summed E-state index contributed by atoms with van der Waals surface area (Å²) in [6, 6.07) is 10.8. The van der Waals surface area contributed by atoms with Crippen molar-refractivity contribution in [1.82, 2.24) is 4.72 Å². The fraction of sp³-hybridized carbons (Fsp3) is 0.333. The molecule has 6 heteroatoms. The molecule has 0 amide bonds. The van der Waals surface area contributed by atoms with Gasteiger partial charge in [0.05, 0.1) is 15.8 Å². The number of benzene rings is 2. The molecule has 0 saturated carbocycles. The summed E-state index contributed by atoms with van der Waals surface area (Å²) in [4.78, 5) is 0. The molecule has 0 heterocycles. The van der Waals surface area contributed by atoms with Crippen LogP contribution < -0.4 is 4.72 Å². The standard InChI is InChI=1S/C18H19Cl2NO2S/c1-12(15-7-6-14-3-2-4-16(14)10-15)21-24(22,23)11-13-5-8-17(19)18(20)9-13/h5-10,12,21H,2-4,11H2,1H3/t12-/m1/s1. The van der Waals surface area contributed by atoms with Crippen molar-refractivity contribution in [1.29, 1.82) is 0 Å². The first kappa shape index (κ1) is 17.7. The molecule has 1 aliphatic carbocycles. The number of halogens is 2. The molecule has 1 N–H and O–H groups in total. The lowest BCUT2D eigenvalue weighted by atomic mass is 10.0. The Labute approximate surface area is 153 Å². The van der Waals surface area contributed by atoms with E-state index in [0.717, 1.165) is 18.4 Å². The normalized spacial score (nSPS) is 15.3. The third-order valence-electron chi connectivity index (χ3n) is 4.32. The van der Waals surface area contributed by atoms with Crippen LogP contribution in [0.5, 0.6) is 0 Å².